The second kappa shape index (κ2) is 7.25. The molecule has 0 bridgehead atoms. The van der Waals surface area contributed by atoms with Crippen LogP contribution in [0, 0.1) is 5.41 Å². The maximum absolute atomic E-state index is 11.3. The minimum atomic E-state index is -0.282. The van der Waals surface area contributed by atoms with E-state index in [4.69, 9.17) is 10.5 Å². The fourth-order valence-electron chi connectivity index (χ4n) is 1.11. The van der Waals surface area contributed by atoms with E-state index in [1.165, 1.54) is 0 Å². The van der Waals surface area contributed by atoms with Crippen molar-refractivity contribution in [3.8, 4) is 0 Å². The number of carbonyl (C=O) groups is 2. The van der Waals surface area contributed by atoms with Crippen molar-refractivity contribution >= 4 is 11.9 Å². The highest BCUT2D eigenvalue weighted by Crippen LogP contribution is 2.13. The molecule has 0 rings (SSSR count). The monoisotopic (exact) mass is 229 g/mol. The first-order chi connectivity index (χ1) is 7.31. The molecular weight excluding hydrogens is 206 g/mol. The molecule has 0 aromatic heterocycles. The highest BCUT2D eigenvalue weighted by molar-refractivity contribution is 5.73. The van der Waals surface area contributed by atoms with E-state index < -0.39 is 0 Å². The lowest BCUT2D eigenvalue weighted by Gasteiger charge is -2.17. The Morgan fingerprint density at radius 2 is 1.62 bits per heavy atom. The summed E-state index contributed by atoms with van der Waals surface area (Å²) in [5.41, 5.74) is 5.01. The average Bonchev–Trinajstić information content (AvgIpc) is 2.12. The Morgan fingerprint density at radius 1 is 1.06 bits per heavy atom. The number of carbonyl (C=O) groups excluding carboxylic acids is 2. The Morgan fingerprint density at radius 3 is 2.12 bits per heavy atom. The zero-order chi connectivity index (χ0) is 12.6. The van der Waals surface area contributed by atoms with E-state index in [1.54, 1.807) is 0 Å². The summed E-state index contributed by atoms with van der Waals surface area (Å²) in [6, 6.07) is 0. The number of esters is 1. The minimum absolute atomic E-state index is 0.0155. The first-order valence-electron chi connectivity index (χ1n) is 5.75. The molecule has 4 nitrogen and oxygen atoms in total. The Bertz CT molecular complexity index is 231. The van der Waals surface area contributed by atoms with Crippen LogP contribution in [0.15, 0.2) is 0 Å². The molecule has 4 heteroatoms. The maximum Gasteiger partial charge on any atom is 0.305 e. The van der Waals surface area contributed by atoms with Gasteiger partial charge in [0.15, 0.2) is 0 Å². The number of nitrogens with two attached hydrogens (primary N) is 1. The van der Waals surface area contributed by atoms with Crippen LogP contribution in [-0.4, -0.2) is 18.5 Å². The van der Waals surface area contributed by atoms with Gasteiger partial charge in [-0.05, 0) is 18.3 Å². The summed E-state index contributed by atoms with van der Waals surface area (Å²) in [7, 11) is 0. The number of amides is 1. The Labute approximate surface area is 97.5 Å². The molecule has 94 valence electrons. The van der Waals surface area contributed by atoms with Crippen molar-refractivity contribution in [2.45, 2.75) is 52.9 Å². The van der Waals surface area contributed by atoms with Gasteiger partial charge in [0.05, 0.1) is 6.61 Å². The number of hydrogen-bond acceptors (Lipinski definition) is 3. The molecule has 0 aliphatic carbocycles. The van der Waals surface area contributed by atoms with Crippen LogP contribution in [0.3, 0.4) is 0 Å². The maximum atomic E-state index is 11.3. The van der Waals surface area contributed by atoms with E-state index in [0.29, 0.717) is 19.4 Å². The van der Waals surface area contributed by atoms with Gasteiger partial charge in [-0.1, -0.05) is 27.2 Å². The van der Waals surface area contributed by atoms with Gasteiger partial charge in [0.25, 0.3) is 0 Å². The first-order valence-corrected chi connectivity index (χ1v) is 5.75. The molecule has 0 saturated carbocycles. The summed E-state index contributed by atoms with van der Waals surface area (Å²) in [6.45, 7) is 6.51. The number of ether oxygens (including phenoxy) is 1. The van der Waals surface area contributed by atoms with Gasteiger partial charge in [-0.3, -0.25) is 9.59 Å². The third-order valence-corrected chi connectivity index (χ3v) is 1.97. The van der Waals surface area contributed by atoms with Crippen LogP contribution < -0.4 is 5.73 Å². The van der Waals surface area contributed by atoms with E-state index in [2.05, 4.69) is 0 Å². The van der Waals surface area contributed by atoms with E-state index >= 15 is 0 Å². The van der Waals surface area contributed by atoms with Crippen LogP contribution in [0.25, 0.3) is 0 Å². The average molecular weight is 229 g/mol. The van der Waals surface area contributed by atoms with Crippen LogP contribution in [0.1, 0.15) is 52.9 Å². The summed E-state index contributed by atoms with van der Waals surface area (Å²) in [5, 5.41) is 0. The van der Waals surface area contributed by atoms with Crippen LogP contribution in [0.2, 0.25) is 0 Å². The normalized spacial score (nSPS) is 11.2. The predicted octanol–water partition coefficient (Wildman–Crippen LogP) is 2.01. The van der Waals surface area contributed by atoms with Crippen molar-refractivity contribution in [1.29, 1.82) is 0 Å². The van der Waals surface area contributed by atoms with Crippen molar-refractivity contribution in [3.63, 3.8) is 0 Å². The number of hydrogen-bond donors (Lipinski definition) is 1. The largest absolute Gasteiger partial charge is 0.465 e. The Hall–Kier alpha value is -1.06. The molecule has 16 heavy (non-hydrogen) atoms. The summed E-state index contributed by atoms with van der Waals surface area (Å²) in [4.78, 5) is 21.7. The van der Waals surface area contributed by atoms with Crippen molar-refractivity contribution in [2.75, 3.05) is 6.61 Å². The molecule has 0 heterocycles. The van der Waals surface area contributed by atoms with Crippen LogP contribution in [-0.2, 0) is 14.3 Å². The van der Waals surface area contributed by atoms with Gasteiger partial charge in [0.1, 0.15) is 0 Å². The Balaban J connectivity index is 3.41. The van der Waals surface area contributed by atoms with Gasteiger partial charge >= 0.3 is 5.97 Å². The lowest BCUT2D eigenvalue weighted by Crippen LogP contribution is -2.18. The van der Waals surface area contributed by atoms with Crippen LogP contribution in [0.4, 0.5) is 0 Å². The molecule has 1 amide bonds. The van der Waals surface area contributed by atoms with Gasteiger partial charge < -0.3 is 10.5 Å². The zero-order valence-corrected chi connectivity index (χ0v) is 10.5. The fraction of sp³-hybridized carbons (Fsp3) is 0.833. The number of rotatable bonds is 7. The molecule has 0 saturated heterocycles. The molecule has 0 spiro atoms. The Kier molecular flexibility index (Phi) is 6.77. The highest BCUT2D eigenvalue weighted by atomic mass is 16.5. The summed E-state index contributed by atoms with van der Waals surface area (Å²) in [6.07, 6.45) is 3.18. The summed E-state index contributed by atoms with van der Waals surface area (Å²) < 4.78 is 5.10. The minimum Gasteiger partial charge on any atom is -0.465 e. The third kappa shape index (κ3) is 11.0. The number of primary amides is 1. The molecule has 2 N–H and O–H groups in total. The lowest BCUT2D eigenvalue weighted by atomic mass is 9.99. The standard InChI is InChI=1S/C12H23NO3/c1-12(2,3)9-16-11(15)8-6-4-5-7-10(13)14/h4-9H2,1-3H3,(H2,13,14). The topological polar surface area (TPSA) is 69.4 Å². The van der Waals surface area contributed by atoms with Crippen LogP contribution in [0.5, 0.6) is 0 Å². The van der Waals surface area contributed by atoms with Gasteiger partial charge in [-0.2, -0.15) is 0 Å². The second-order valence-electron chi connectivity index (χ2n) is 5.25. The van der Waals surface area contributed by atoms with Crippen molar-refractivity contribution < 1.29 is 14.3 Å². The molecule has 0 aliphatic heterocycles. The van der Waals surface area contributed by atoms with E-state index in [0.717, 1.165) is 19.3 Å². The molecular formula is C12H23NO3. The zero-order valence-electron chi connectivity index (χ0n) is 10.5. The number of unbranched alkanes of at least 4 members (excludes halogenated alkanes) is 2. The third-order valence-electron chi connectivity index (χ3n) is 1.97. The van der Waals surface area contributed by atoms with Crippen molar-refractivity contribution in [2.24, 2.45) is 11.1 Å². The fourth-order valence-corrected chi connectivity index (χ4v) is 1.11. The van der Waals surface area contributed by atoms with E-state index in [9.17, 15) is 9.59 Å². The summed E-state index contributed by atoms with van der Waals surface area (Å²) in [5.74, 6) is -0.440. The smallest absolute Gasteiger partial charge is 0.305 e. The second-order valence-corrected chi connectivity index (χ2v) is 5.25. The molecule has 0 fully saturated rings. The van der Waals surface area contributed by atoms with Crippen LogP contribution >= 0.6 is 0 Å². The van der Waals surface area contributed by atoms with Crippen molar-refractivity contribution in [1.82, 2.24) is 0 Å². The quantitative estimate of drug-likeness (QED) is 0.536. The molecule has 0 aromatic rings. The predicted molar refractivity (Wildman–Crippen MR) is 62.7 cm³/mol. The van der Waals surface area contributed by atoms with Crippen molar-refractivity contribution in [3.05, 3.63) is 0 Å². The molecule has 0 aliphatic rings. The van der Waals surface area contributed by atoms with Gasteiger partial charge in [0.2, 0.25) is 5.91 Å². The molecule has 0 aromatic carbocycles. The van der Waals surface area contributed by atoms with E-state index in [-0.39, 0.29) is 17.3 Å². The van der Waals surface area contributed by atoms with Gasteiger partial charge in [-0.25, -0.2) is 0 Å². The van der Waals surface area contributed by atoms with Gasteiger partial charge in [0, 0.05) is 12.8 Å². The highest BCUT2D eigenvalue weighted by Gasteiger charge is 2.13. The molecule has 0 unspecified atom stereocenters. The summed E-state index contributed by atoms with van der Waals surface area (Å²) >= 11 is 0. The van der Waals surface area contributed by atoms with Gasteiger partial charge in [-0.15, -0.1) is 0 Å². The molecule has 0 atom stereocenters. The molecule has 0 radical (unpaired) electrons. The first kappa shape index (κ1) is 14.9. The van der Waals surface area contributed by atoms with E-state index in [1.807, 2.05) is 20.8 Å². The lowest BCUT2D eigenvalue weighted by molar-refractivity contribution is -0.146. The SMILES string of the molecule is CC(C)(C)COC(=O)CCCCCC(N)=O.